The summed E-state index contributed by atoms with van der Waals surface area (Å²) in [5.41, 5.74) is 0. The Kier molecular flexibility index (Phi) is 3.31. The third-order valence-corrected chi connectivity index (χ3v) is 2.95. The fraction of sp³-hybridized carbons (Fsp3) is 0.667. The van der Waals surface area contributed by atoms with Gasteiger partial charge in [0.1, 0.15) is 0 Å². The molecule has 0 aromatic carbocycles. The Balaban J connectivity index is 2.01. The molecule has 1 saturated carbocycles. The molecule has 2 unspecified atom stereocenters. The van der Waals surface area contributed by atoms with E-state index in [4.69, 9.17) is 5.11 Å². The number of hydrogen-bond acceptors (Lipinski definition) is 5. The number of nitrogens with zero attached hydrogens (tertiary/aromatic N) is 3. The highest BCUT2D eigenvalue weighted by molar-refractivity contribution is 5.90. The zero-order chi connectivity index (χ0) is 12.3. The van der Waals surface area contributed by atoms with Gasteiger partial charge in [0.2, 0.25) is 0 Å². The van der Waals surface area contributed by atoms with E-state index in [2.05, 4.69) is 25.9 Å². The van der Waals surface area contributed by atoms with Gasteiger partial charge >= 0.3 is 5.97 Å². The minimum atomic E-state index is -0.872. The average molecular weight is 239 g/mol. The summed E-state index contributed by atoms with van der Waals surface area (Å²) in [4.78, 5) is 22.7. The normalized spacial score (nSPS) is 24.2. The quantitative estimate of drug-likeness (QED) is 0.658. The van der Waals surface area contributed by atoms with Gasteiger partial charge in [0.25, 0.3) is 11.7 Å². The lowest BCUT2D eigenvalue weighted by Gasteiger charge is -2.28. The molecule has 0 spiro atoms. The van der Waals surface area contributed by atoms with E-state index in [1.807, 2.05) is 0 Å². The smallest absolute Gasteiger partial charge is 0.308 e. The van der Waals surface area contributed by atoms with E-state index in [1.165, 1.54) is 0 Å². The second-order valence-corrected chi connectivity index (χ2v) is 4.04. The van der Waals surface area contributed by atoms with E-state index >= 15 is 0 Å². The van der Waals surface area contributed by atoms with Crippen LogP contribution in [-0.2, 0) is 4.79 Å². The number of carboxylic acids is 1. The van der Waals surface area contributed by atoms with Crippen LogP contribution in [0.15, 0.2) is 0 Å². The van der Waals surface area contributed by atoms with E-state index < -0.39 is 17.8 Å². The van der Waals surface area contributed by atoms with Crippen molar-refractivity contribution in [1.82, 2.24) is 25.9 Å². The molecule has 1 amide bonds. The first kappa shape index (κ1) is 11.5. The van der Waals surface area contributed by atoms with Gasteiger partial charge in [0.05, 0.1) is 5.92 Å². The summed E-state index contributed by atoms with van der Waals surface area (Å²) in [7, 11) is 0. The van der Waals surface area contributed by atoms with Crippen LogP contribution in [0.4, 0.5) is 0 Å². The van der Waals surface area contributed by atoms with E-state index in [9.17, 15) is 9.59 Å². The topological polar surface area (TPSA) is 121 Å². The highest BCUT2D eigenvalue weighted by atomic mass is 16.4. The Morgan fingerprint density at radius 3 is 2.76 bits per heavy atom. The largest absolute Gasteiger partial charge is 0.481 e. The summed E-state index contributed by atoms with van der Waals surface area (Å²) in [6.45, 7) is 0. The first-order chi connectivity index (χ1) is 8.18. The van der Waals surface area contributed by atoms with Crippen LogP contribution in [0.1, 0.15) is 36.3 Å². The van der Waals surface area contributed by atoms with Crippen molar-refractivity contribution in [3.05, 3.63) is 5.82 Å². The van der Waals surface area contributed by atoms with Crippen LogP contribution in [0.5, 0.6) is 0 Å². The van der Waals surface area contributed by atoms with Crippen molar-refractivity contribution in [3.63, 3.8) is 0 Å². The molecule has 0 radical (unpaired) electrons. The number of carboxylic acid groups (broad SMARTS) is 1. The van der Waals surface area contributed by atoms with E-state index in [-0.39, 0.29) is 11.9 Å². The Labute approximate surface area is 96.8 Å². The number of tetrazole rings is 1. The van der Waals surface area contributed by atoms with Gasteiger partial charge in [0, 0.05) is 6.04 Å². The maximum Gasteiger partial charge on any atom is 0.308 e. The second kappa shape index (κ2) is 4.89. The lowest BCUT2D eigenvalue weighted by atomic mass is 9.84. The second-order valence-electron chi connectivity index (χ2n) is 4.04. The molecule has 1 fully saturated rings. The zero-order valence-electron chi connectivity index (χ0n) is 9.09. The highest BCUT2D eigenvalue weighted by Gasteiger charge is 2.32. The summed E-state index contributed by atoms with van der Waals surface area (Å²) in [6, 6.07) is -0.354. The number of aromatic nitrogens is 4. The standard InChI is InChI=1S/C9H13N5O3/c15-8(7-11-13-14-12-7)10-6-4-2-1-3-5(6)9(16)17/h5-6H,1-4H2,(H,10,15)(H,16,17)(H,11,12,13,14). The Hall–Kier alpha value is -1.99. The number of nitrogens with one attached hydrogen (secondary N) is 2. The molecule has 2 rings (SSSR count). The summed E-state index contributed by atoms with van der Waals surface area (Å²) in [5.74, 6) is -1.96. The van der Waals surface area contributed by atoms with Gasteiger partial charge in [-0.3, -0.25) is 9.59 Å². The van der Waals surface area contributed by atoms with Crippen molar-refractivity contribution in [2.75, 3.05) is 0 Å². The molecule has 0 aliphatic heterocycles. The summed E-state index contributed by atoms with van der Waals surface area (Å²) in [6.07, 6.45) is 3.06. The minimum Gasteiger partial charge on any atom is -0.481 e. The SMILES string of the molecule is O=C(NC1CCCCC1C(=O)O)c1nn[nH]n1. The number of rotatable bonds is 3. The molecule has 0 bridgehead atoms. The predicted octanol–water partition coefficient (Wildman–Crippen LogP) is -0.427. The van der Waals surface area contributed by atoms with Crippen LogP contribution in [0, 0.1) is 5.92 Å². The first-order valence-electron chi connectivity index (χ1n) is 5.45. The molecular formula is C9H13N5O3. The molecule has 0 saturated heterocycles. The fourth-order valence-corrected chi connectivity index (χ4v) is 2.09. The first-order valence-corrected chi connectivity index (χ1v) is 5.45. The summed E-state index contributed by atoms with van der Waals surface area (Å²) in [5, 5.41) is 24.2. The maximum atomic E-state index is 11.7. The monoisotopic (exact) mass is 239 g/mol. The van der Waals surface area contributed by atoms with Gasteiger partial charge in [0.15, 0.2) is 0 Å². The zero-order valence-corrected chi connectivity index (χ0v) is 9.09. The third-order valence-electron chi connectivity index (χ3n) is 2.95. The van der Waals surface area contributed by atoms with Gasteiger partial charge in [-0.2, -0.15) is 5.21 Å². The van der Waals surface area contributed by atoms with Crippen LogP contribution in [0.2, 0.25) is 0 Å². The maximum absolute atomic E-state index is 11.7. The lowest BCUT2D eigenvalue weighted by molar-refractivity contribution is -0.143. The Morgan fingerprint density at radius 2 is 2.12 bits per heavy atom. The third kappa shape index (κ3) is 2.58. The molecule has 1 aromatic heterocycles. The lowest BCUT2D eigenvalue weighted by Crippen LogP contribution is -2.45. The average Bonchev–Trinajstić information content (AvgIpc) is 2.83. The molecule has 1 aliphatic rings. The van der Waals surface area contributed by atoms with Gasteiger partial charge < -0.3 is 10.4 Å². The molecule has 92 valence electrons. The van der Waals surface area contributed by atoms with E-state index in [0.29, 0.717) is 12.8 Å². The number of amides is 1. The molecule has 3 N–H and O–H groups in total. The molecule has 1 aromatic rings. The minimum absolute atomic E-state index is 0.0697. The van der Waals surface area contributed by atoms with Crippen molar-refractivity contribution in [2.24, 2.45) is 5.92 Å². The molecule has 17 heavy (non-hydrogen) atoms. The number of aromatic amines is 1. The number of aliphatic carboxylic acids is 1. The molecule has 1 aliphatic carbocycles. The number of carbonyl (C=O) groups is 2. The Morgan fingerprint density at radius 1 is 1.35 bits per heavy atom. The molecule has 1 heterocycles. The van der Waals surface area contributed by atoms with E-state index in [0.717, 1.165) is 12.8 Å². The van der Waals surface area contributed by atoms with Crippen molar-refractivity contribution in [2.45, 2.75) is 31.7 Å². The highest BCUT2D eigenvalue weighted by Crippen LogP contribution is 2.24. The van der Waals surface area contributed by atoms with Crippen LogP contribution in [-0.4, -0.2) is 43.6 Å². The predicted molar refractivity (Wildman–Crippen MR) is 55.0 cm³/mol. The van der Waals surface area contributed by atoms with Crippen LogP contribution in [0.25, 0.3) is 0 Å². The Bertz CT molecular complexity index is 405. The van der Waals surface area contributed by atoms with Gasteiger partial charge in [-0.25, -0.2) is 0 Å². The van der Waals surface area contributed by atoms with Crippen molar-refractivity contribution >= 4 is 11.9 Å². The van der Waals surface area contributed by atoms with Crippen molar-refractivity contribution in [3.8, 4) is 0 Å². The number of carbonyl (C=O) groups excluding carboxylic acids is 1. The van der Waals surface area contributed by atoms with Gasteiger partial charge in [-0.15, -0.1) is 10.2 Å². The number of hydrogen-bond donors (Lipinski definition) is 3. The fourth-order valence-electron chi connectivity index (χ4n) is 2.09. The van der Waals surface area contributed by atoms with Gasteiger partial charge in [-0.05, 0) is 18.1 Å². The summed E-state index contributed by atoms with van der Waals surface area (Å²) >= 11 is 0. The molecule has 8 heteroatoms. The van der Waals surface area contributed by atoms with Gasteiger partial charge in [-0.1, -0.05) is 12.8 Å². The van der Waals surface area contributed by atoms with Crippen LogP contribution < -0.4 is 5.32 Å². The molecule has 2 atom stereocenters. The number of H-pyrrole nitrogens is 1. The molecular weight excluding hydrogens is 226 g/mol. The van der Waals surface area contributed by atoms with Crippen LogP contribution >= 0.6 is 0 Å². The van der Waals surface area contributed by atoms with Crippen molar-refractivity contribution < 1.29 is 14.7 Å². The van der Waals surface area contributed by atoms with Crippen LogP contribution in [0.3, 0.4) is 0 Å². The summed E-state index contributed by atoms with van der Waals surface area (Å²) < 4.78 is 0. The molecule has 8 nitrogen and oxygen atoms in total. The van der Waals surface area contributed by atoms with Crippen molar-refractivity contribution in [1.29, 1.82) is 0 Å². The van der Waals surface area contributed by atoms with E-state index in [1.54, 1.807) is 0 Å².